The van der Waals surface area contributed by atoms with Crippen molar-refractivity contribution in [3.63, 3.8) is 0 Å². The number of carbonyl (C=O) groups excluding carboxylic acids is 3. The Morgan fingerprint density at radius 2 is 0.535 bits per heavy atom. The third kappa shape index (κ3) is 55.6. The Hall–Kier alpha value is -5.23. The molecule has 0 fully saturated rings. The molecule has 6 heteroatoms. The van der Waals surface area contributed by atoms with Crippen LogP contribution in [0.5, 0.6) is 0 Å². The van der Waals surface area contributed by atoms with E-state index in [0.29, 0.717) is 19.3 Å². The maximum absolute atomic E-state index is 12.8. The quantitative estimate of drug-likeness (QED) is 0.0262. The number of carbonyl (C=O) groups is 3. The van der Waals surface area contributed by atoms with E-state index in [1.807, 2.05) is 12.2 Å². The van der Waals surface area contributed by atoms with Crippen LogP contribution in [0.15, 0.2) is 170 Å². The summed E-state index contributed by atoms with van der Waals surface area (Å²) in [5.74, 6) is -1.08. The topological polar surface area (TPSA) is 78.9 Å². The van der Waals surface area contributed by atoms with E-state index in [-0.39, 0.29) is 44.0 Å². The molecule has 0 aromatic rings. The summed E-state index contributed by atoms with van der Waals surface area (Å²) in [7, 11) is 0. The van der Waals surface area contributed by atoms with E-state index in [2.05, 4.69) is 179 Å². The van der Waals surface area contributed by atoms with E-state index < -0.39 is 6.10 Å². The third-order valence-electron chi connectivity index (χ3n) is 10.7. The first kappa shape index (κ1) is 65.8. The molecule has 0 saturated carbocycles. The molecule has 0 amide bonds. The van der Waals surface area contributed by atoms with Gasteiger partial charge in [-0.2, -0.15) is 0 Å². The second-order valence-electron chi connectivity index (χ2n) is 17.3. The van der Waals surface area contributed by atoms with Crippen LogP contribution in [-0.4, -0.2) is 37.2 Å². The summed E-state index contributed by atoms with van der Waals surface area (Å²) in [6.45, 7) is 6.16. The number of unbranched alkanes of at least 4 members (excludes halogenated alkanes) is 8. The Balaban J connectivity index is 4.58. The lowest BCUT2D eigenvalue weighted by Gasteiger charge is -2.18. The number of ether oxygens (including phenoxy) is 3. The number of esters is 3. The molecule has 0 aliphatic carbocycles. The Bertz CT molecular complexity index is 1690. The maximum Gasteiger partial charge on any atom is 0.306 e. The molecule has 0 N–H and O–H groups in total. The van der Waals surface area contributed by atoms with E-state index >= 15 is 0 Å². The minimum absolute atomic E-state index is 0.133. The zero-order valence-electron chi connectivity index (χ0n) is 44.9. The number of hydrogen-bond acceptors (Lipinski definition) is 6. The lowest BCUT2D eigenvalue weighted by atomic mass is 10.1. The van der Waals surface area contributed by atoms with Crippen molar-refractivity contribution in [3.05, 3.63) is 170 Å². The van der Waals surface area contributed by atoms with Crippen molar-refractivity contribution >= 4 is 17.9 Å². The molecule has 0 bridgehead atoms. The van der Waals surface area contributed by atoms with Gasteiger partial charge in [0.25, 0.3) is 0 Å². The molecule has 0 aromatic carbocycles. The van der Waals surface area contributed by atoms with Gasteiger partial charge in [-0.25, -0.2) is 0 Å². The second-order valence-corrected chi connectivity index (χ2v) is 17.3. The summed E-state index contributed by atoms with van der Waals surface area (Å²) in [6.07, 6.45) is 85.0. The number of rotatable bonds is 47. The molecule has 0 rings (SSSR count). The fourth-order valence-corrected chi connectivity index (χ4v) is 6.68. The number of allylic oxidation sites excluding steroid dienone is 28. The minimum atomic E-state index is -0.843. The molecule has 0 spiro atoms. The van der Waals surface area contributed by atoms with E-state index in [0.717, 1.165) is 148 Å². The van der Waals surface area contributed by atoms with E-state index in [1.54, 1.807) is 0 Å². The normalized spacial score (nSPS) is 13.5. The van der Waals surface area contributed by atoms with E-state index in [9.17, 15) is 14.4 Å². The summed E-state index contributed by atoms with van der Waals surface area (Å²) in [5.41, 5.74) is 0. The standard InChI is InChI=1S/C65H98O6/c1-4-7-10-13-16-19-22-25-27-29-31-32-34-35-37-40-43-46-49-52-55-58-64(67)70-61-62(60-69-63(66)57-54-51-48-45-42-39-24-21-18-15-12-9-6-3)71-65(68)59-56-53-50-47-44-41-38-36-33-30-28-26-23-20-17-14-11-8-5-2/h7-12,16-21,25-28,31-33,35-37,39,41-42,44,48,51,62H,4-6,13-15,22-24,29-30,34,38,40,43,45-47,49-50,52-61H2,1-3H3/b10-7-,11-8-,12-9-,19-16-,20-17-,21-18-,27-25-,28-26-,32-31-,36-33-,37-35-,42-39-,44-41-,51-48-. The van der Waals surface area contributed by atoms with Crippen LogP contribution in [0.4, 0.5) is 0 Å². The molecule has 394 valence electrons. The first-order chi connectivity index (χ1) is 35.0. The van der Waals surface area contributed by atoms with Crippen molar-refractivity contribution < 1.29 is 28.6 Å². The Morgan fingerprint density at radius 1 is 0.282 bits per heavy atom. The van der Waals surface area contributed by atoms with Gasteiger partial charge >= 0.3 is 17.9 Å². The summed E-state index contributed by atoms with van der Waals surface area (Å²) in [5, 5.41) is 0. The molecule has 0 aliphatic rings. The first-order valence-electron chi connectivity index (χ1n) is 27.6. The zero-order chi connectivity index (χ0) is 51.4. The summed E-state index contributed by atoms with van der Waals surface area (Å²) in [6, 6.07) is 0. The van der Waals surface area contributed by atoms with Crippen molar-refractivity contribution in [3.8, 4) is 0 Å². The molecule has 0 heterocycles. The predicted octanol–water partition coefficient (Wildman–Crippen LogP) is 18.8. The van der Waals surface area contributed by atoms with Crippen LogP contribution < -0.4 is 0 Å². The van der Waals surface area contributed by atoms with Gasteiger partial charge in [0, 0.05) is 19.3 Å². The van der Waals surface area contributed by atoms with Gasteiger partial charge in [0.2, 0.25) is 0 Å². The van der Waals surface area contributed by atoms with Crippen LogP contribution >= 0.6 is 0 Å². The zero-order valence-corrected chi connectivity index (χ0v) is 44.9. The van der Waals surface area contributed by atoms with Gasteiger partial charge in [-0.15, -0.1) is 0 Å². The summed E-state index contributed by atoms with van der Waals surface area (Å²) in [4.78, 5) is 38.1. The van der Waals surface area contributed by atoms with Crippen LogP contribution in [0.3, 0.4) is 0 Å². The van der Waals surface area contributed by atoms with Gasteiger partial charge in [-0.05, 0) is 135 Å². The van der Waals surface area contributed by atoms with Crippen molar-refractivity contribution in [2.24, 2.45) is 0 Å². The van der Waals surface area contributed by atoms with Crippen molar-refractivity contribution in [2.45, 2.75) is 207 Å². The van der Waals surface area contributed by atoms with E-state index in [4.69, 9.17) is 14.2 Å². The predicted molar refractivity (Wildman–Crippen MR) is 306 cm³/mol. The summed E-state index contributed by atoms with van der Waals surface area (Å²) >= 11 is 0. The lowest BCUT2D eigenvalue weighted by molar-refractivity contribution is -0.166. The average molecular weight is 975 g/mol. The Kier molecular flexibility index (Phi) is 53.1. The van der Waals surface area contributed by atoms with Crippen LogP contribution in [0, 0.1) is 0 Å². The molecule has 6 nitrogen and oxygen atoms in total. The van der Waals surface area contributed by atoms with Crippen LogP contribution in [0.2, 0.25) is 0 Å². The fraction of sp³-hybridized carbons (Fsp3) is 0.523. The lowest BCUT2D eigenvalue weighted by Crippen LogP contribution is -2.30. The highest BCUT2D eigenvalue weighted by Gasteiger charge is 2.19. The minimum Gasteiger partial charge on any atom is -0.462 e. The van der Waals surface area contributed by atoms with Crippen LogP contribution in [0.25, 0.3) is 0 Å². The van der Waals surface area contributed by atoms with Gasteiger partial charge < -0.3 is 14.2 Å². The van der Waals surface area contributed by atoms with Gasteiger partial charge in [0.05, 0.1) is 0 Å². The van der Waals surface area contributed by atoms with Gasteiger partial charge in [0.1, 0.15) is 13.2 Å². The van der Waals surface area contributed by atoms with Crippen molar-refractivity contribution in [2.75, 3.05) is 13.2 Å². The fourth-order valence-electron chi connectivity index (χ4n) is 6.68. The average Bonchev–Trinajstić information content (AvgIpc) is 3.37. The third-order valence-corrected chi connectivity index (χ3v) is 10.7. The molecule has 1 unspecified atom stereocenters. The molecule has 0 radical (unpaired) electrons. The Morgan fingerprint density at radius 3 is 0.887 bits per heavy atom. The summed E-state index contributed by atoms with van der Waals surface area (Å²) < 4.78 is 16.7. The SMILES string of the molecule is CC/C=C\C/C=C\C/C=C\C/C=C\C/C=C\CCCCCCCC(=O)OCC(COC(=O)CC/C=C\C/C=C\C/C=C\C/C=C\CC)OC(=O)CCCCC/C=C\C/C=C\C/C=C\C/C=C\C/C=C\CC. The molecule has 1 atom stereocenters. The largest absolute Gasteiger partial charge is 0.462 e. The van der Waals surface area contributed by atoms with Gasteiger partial charge in [0.15, 0.2) is 6.10 Å². The highest BCUT2D eigenvalue weighted by atomic mass is 16.6. The monoisotopic (exact) mass is 975 g/mol. The second kappa shape index (κ2) is 57.3. The molecule has 0 saturated heterocycles. The maximum atomic E-state index is 12.8. The van der Waals surface area contributed by atoms with Crippen molar-refractivity contribution in [1.82, 2.24) is 0 Å². The van der Waals surface area contributed by atoms with Crippen molar-refractivity contribution in [1.29, 1.82) is 0 Å². The molecular weight excluding hydrogens is 877 g/mol. The Labute approximate surface area is 434 Å². The number of hydrogen-bond donors (Lipinski definition) is 0. The molecule has 0 aromatic heterocycles. The molecule has 0 aliphatic heterocycles. The van der Waals surface area contributed by atoms with Crippen LogP contribution in [-0.2, 0) is 28.6 Å². The highest BCUT2D eigenvalue weighted by Crippen LogP contribution is 2.11. The van der Waals surface area contributed by atoms with E-state index in [1.165, 1.54) is 0 Å². The molecule has 71 heavy (non-hydrogen) atoms. The highest BCUT2D eigenvalue weighted by molar-refractivity contribution is 5.71. The van der Waals surface area contributed by atoms with Gasteiger partial charge in [-0.3, -0.25) is 14.4 Å². The van der Waals surface area contributed by atoms with Crippen LogP contribution in [0.1, 0.15) is 201 Å². The smallest absolute Gasteiger partial charge is 0.306 e. The molecular formula is C65H98O6. The van der Waals surface area contributed by atoms with Gasteiger partial charge in [-0.1, -0.05) is 217 Å². The first-order valence-corrected chi connectivity index (χ1v) is 27.6.